The number of hydrogen-bond acceptors (Lipinski definition) is 4. The number of aryl methyl sites for hydroxylation is 1. The van der Waals surface area contributed by atoms with Crippen molar-refractivity contribution in [1.82, 2.24) is 20.3 Å². The maximum absolute atomic E-state index is 9.51. The predicted octanol–water partition coefficient (Wildman–Crippen LogP) is -0.280. The molecule has 15 heavy (non-hydrogen) atoms. The van der Waals surface area contributed by atoms with Gasteiger partial charge in [-0.3, -0.25) is 4.68 Å². The molecule has 1 fully saturated rings. The third-order valence-electron chi connectivity index (χ3n) is 3.10. The van der Waals surface area contributed by atoms with Crippen molar-refractivity contribution in [1.29, 1.82) is 0 Å². The van der Waals surface area contributed by atoms with Crippen LogP contribution in [0.3, 0.4) is 0 Å². The van der Waals surface area contributed by atoms with Crippen LogP contribution in [0.5, 0.6) is 0 Å². The number of aliphatic hydroxyl groups excluding tert-OH is 1. The molecule has 0 spiro atoms. The largest absolute Gasteiger partial charge is 0.396 e. The van der Waals surface area contributed by atoms with E-state index < -0.39 is 0 Å². The Labute approximate surface area is 89.5 Å². The molecule has 0 aromatic carbocycles. The Bertz CT molecular complexity index is 317. The summed E-state index contributed by atoms with van der Waals surface area (Å²) in [7, 11) is 1.86. The lowest BCUT2D eigenvalue weighted by atomic mass is 9.78. The summed E-state index contributed by atoms with van der Waals surface area (Å²) in [4.78, 5) is 0. The van der Waals surface area contributed by atoms with Gasteiger partial charge in [0.2, 0.25) is 0 Å². The zero-order valence-electron chi connectivity index (χ0n) is 9.11. The lowest BCUT2D eigenvalue weighted by molar-refractivity contribution is 0.0938. The summed E-state index contributed by atoms with van der Waals surface area (Å²) in [5.41, 5.74) is 0.934. The monoisotopic (exact) mass is 210 g/mol. The molecule has 1 aliphatic rings. The Kier molecular flexibility index (Phi) is 3.02. The van der Waals surface area contributed by atoms with Crippen LogP contribution in [0.4, 0.5) is 0 Å². The van der Waals surface area contributed by atoms with Crippen molar-refractivity contribution >= 4 is 0 Å². The standard InChI is InChI=1S/C10H18N4O/c1-14-6-9(12-13-14)5-10(8-15)3-2-4-11-7-10/h6,11,15H,2-5,7-8H2,1H3. The number of aromatic nitrogens is 3. The summed E-state index contributed by atoms with van der Waals surface area (Å²) < 4.78 is 1.71. The summed E-state index contributed by atoms with van der Waals surface area (Å²) in [6.07, 6.45) is 4.92. The highest BCUT2D eigenvalue weighted by atomic mass is 16.3. The highest BCUT2D eigenvalue weighted by molar-refractivity contribution is 5.00. The van der Waals surface area contributed by atoms with Gasteiger partial charge in [0.05, 0.1) is 12.3 Å². The molecule has 2 rings (SSSR count). The molecule has 1 unspecified atom stereocenters. The minimum absolute atomic E-state index is 0.0334. The third-order valence-corrected chi connectivity index (χ3v) is 3.10. The minimum atomic E-state index is -0.0334. The molecule has 5 heteroatoms. The van der Waals surface area contributed by atoms with Gasteiger partial charge in [0, 0.05) is 31.6 Å². The van der Waals surface area contributed by atoms with Crippen LogP contribution < -0.4 is 5.32 Å². The molecule has 1 aromatic rings. The van der Waals surface area contributed by atoms with Crippen LogP contribution >= 0.6 is 0 Å². The van der Waals surface area contributed by atoms with E-state index in [4.69, 9.17) is 0 Å². The fourth-order valence-corrected chi connectivity index (χ4v) is 2.23. The first kappa shape index (κ1) is 10.6. The summed E-state index contributed by atoms with van der Waals surface area (Å²) in [6.45, 7) is 2.15. The average Bonchev–Trinajstić information content (AvgIpc) is 2.65. The van der Waals surface area contributed by atoms with Crippen molar-refractivity contribution in [3.8, 4) is 0 Å². The van der Waals surface area contributed by atoms with Gasteiger partial charge in [-0.1, -0.05) is 5.21 Å². The first-order valence-electron chi connectivity index (χ1n) is 5.41. The molecule has 5 nitrogen and oxygen atoms in total. The molecule has 84 valence electrons. The first-order chi connectivity index (χ1) is 7.24. The van der Waals surface area contributed by atoms with Gasteiger partial charge < -0.3 is 10.4 Å². The Morgan fingerprint density at radius 3 is 3.07 bits per heavy atom. The van der Waals surface area contributed by atoms with Crippen LogP contribution in [0.1, 0.15) is 18.5 Å². The van der Waals surface area contributed by atoms with Crippen LogP contribution in [0.2, 0.25) is 0 Å². The van der Waals surface area contributed by atoms with E-state index in [1.807, 2.05) is 13.2 Å². The molecule has 1 atom stereocenters. The van der Waals surface area contributed by atoms with E-state index in [0.29, 0.717) is 0 Å². The fourth-order valence-electron chi connectivity index (χ4n) is 2.23. The van der Waals surface area contributed by atoms with E-state index in [9.17, 15) is 5.11 Å². The molecule has 2 N–H and O–H groups in total. The van der Waals surface area contributed by atoms with E-state index in [0.717, 1.165) is 38.0 Å². The number of rotatable bonds is 3. The Hall–Kier alpha value is -0.940. The zero-order valence-corrected chi connectivity index (χ0v) is 9.11. The smallest absolute Gasteiger partial charge is 0.0833 e. The summed E-state index contributed by atoms with van der Waals surface area (Å²) in [5, 5.41) is 20.8. The lowest BCUT2D eigenvalue weighted by Gasteiger charge is -2.35. The minimum Gasteiger partial charge on any atom is -0.396 e. The predicted molar refractivity (Wildman–Crippen MR) is 56.3 cm³/mol. The van der Waals surface area contributed by atoms with Crippen molar-refractivity contribution in [2.24, 2.45) is 12.5 Å². The van der Waals surface area contributed by atoms with Crippen LogP contribution in [-0.2, 0) is 13.5 Å². The van der Waals surface area contributed by atoms with Gasteiger partial charge in [-0.25, -0.2) is 0 Å². The quantitative estimate of drug-likeness (QED) is 0.720. The van der Waals surface area contributed by atoms with Gasteiger partial charge >= 0.3 is 0 Å². The van der Waals surface area contributed by atoms with E-state index >= 15 is 0 Å². The topological polar surface area (TPSA) is 63.0 Å². The van der Waals surface area contributed by atoms with Crippen LogP contribution in [0, 0.1) is 5.41 Å². The SMILES string of the molecule is Cn1cc(CC2(CO)CCCNC2)nn1. The van der Waals surface area contributed by atoms with Gasteiger partial charge in [-0.15, -0.1) is 5.10 Å². The number of nitrogens with zero attached hydrogens (tertiary/aromatic N) is 3. The Morgan fingerprint density at radius 2 is 2.53 bits per heavy atom. The molecule has 0 amide bonds. The van der Waals surface area contributed by atoms with Crippen molar-refractivity contribution < 1.29 is 5.11 Å². The number of nitrogens with one attached hydrogen (secondary N) is 1. The van der Waals surface area contributed by atoms with Crippen molar-refractivity contribution in [3.05, 3.63) is 11.9 Å². The van der Waals surface area contributed by atoms with Crippen molar-refractivity contribution in [3.63, 3.8) is 0 Å². The molecule has 0 radical (unpaired) electrons. The van der Waals surface area contributed by atoms with Crippen LogP contribution in [0.15, 0.2) is 6.20 Å². The zero-order chi connectivity index (χ0) is 10.7. The molecule has 1 aliphatic heterocycles. The molecule has 2 heterocycles. The van der Waals surface area contributed by atoms with E-state index in [1.165, 1.54) is 0 Å². The molecule has 0 saturated carbocycles. The van der Waals surface area contributed by atoms with Gasteiger partial charge in [-0.05, 0) is 19.4 Å². The van der Waals surface area contributed by atoms with E-state index in [1.54, 1.807) is 4.68 Å². The summed E-state index contributed by atoms with van der Waals surface area (Å²) >= 11 is 0. The maximum Gasteiger partial charge on any atom is 0.0833 e. The molecule has 0 bridgehead atoms. The third kappa shape index (κ3) is 2.35. The summed E-state index contributed by atoms with van der Waals surface area (Å²) in [6, 6.07) is 0. The molecule has 1 aromatic heterocycles. The summed E-state index contributed by atoms with van der Waals surface area (Å²) in [5.74, 6) is 0. The number of aliphatic hydroxyl groups is 1. The molecule has 1 saturated heterocycles. The second-order valence-corrected chi connectivity index (χ2v) is 4.50. The van der Waals surface area contributed by atoms with E-state index in [-0.39, 0.29) is 12.0 Å². The highest BCUT2D eigenvalue weighted by Gasteiger charge is 2.32. The molecular weight excluding hydrogens is 192 g/mol. The maximum atomic E-state index is 9.51. The number of piperidine rings is 1. The first-order valence-corrected chi connectivity index (χ1v) is 5.41. The normalized spacial score (nSPS) is 26.8. The van der Waals surface area contributed by atoms with Gasteiger partial charge in [0.15, 0.2) is 0 Å². The second-order valence-electron chi connectivity index (χ2n) is 4.50. The number of hydrogen-bond donors (Lipinski definition) is 2. The van der Waals surface area contributed by atoms with Gasteiger partial charge in [0.25, 0.3) is 0 Å². The van der Waals surface area contributed by atoms with Crippen LogP contribution in [0.25, 0.3) is 0 Å². The Morgan fingerprint density at radius 1 is 1.67 bits per heavy atom. The average molecular weight is 210 g/mol. The van der Waals surface area contributed by atoms with Gasteiger partial charge in [-0.2, -0.15) is 0 Å². The van der Waals surface area contributed by atoms with Crippen molar-refractivity contribution in [2.75, 3.05) is 19.7 Å². The molecule has 0 aliphatic carbocycles. The lowest BCUT2D eigenvalue weighted by Crippen LogP contribution is -2.44. The fraction of sp³-hybridized carbons (Fsp3) is 0.800. The Balaban J connectivity index is 2.06. The van der Waals surface area contributed by atoms with Crippen molar-refractivity contribution in [2.45, 2.75) is 19.3 Å². The van der Waals surface area contributed by atoms with Crippen LogP contribution in [-0.4, -0.2) is 39.8 Å². The van der Waals surface area contributed by atoms with E-state index in [2.05, 4.69) is 15.6 Å². The molecular formula is C10H18N4O. The highest BCUT2D eigenvalue weighted by Crippen LogP contribution is 2.29. The van der Waals surface area contributed by atoms with Gasteiger partial charge in [0.1, 0.15) is 0 Å². The second kappa shape index (κ2) is 4.28.